The van der Waals surface area contributed by atoms with E-state index >= 15 is 0 Å². The van der Waals surface area contributed by atoms with Crippen molar-refractivity contribution in [1.29, 1.82) is 0 Å². The van der Waals surface area contributed by atoms with E-state index in [0.29, 0.717) is 12.1 Å². The van der Waals surface area contributed by atoms with Gasteiger partial charge in [-0.05, 0) is 0 Å². The molecule has 1 rings (SSSR count). The smallest absolute Gasteiger partial charge is 0.662 e. The minimum atomic E-state index is -7.72. The third-order valence-corrected chi connectivity index (χ3v) is 10.1. The van der Waals surface area contributed by atoms with Gasteiger partial charge >= 0.3 is 51.3 Å². The van der Waals surface area contributed by atoms with Crippen LogP contribution in [0.3, 0.4) is 0 Å². The van der Waals surface area contributed by atoms with Crippen molar-refractivity contribution in [2.75, 3.05) is 39.3 Å². The molecular weight excluding hydrogens is 804 g/mol. The molecule has 14 heteroatoms. The topological polar surface area (TPSA) is 42.3 Å². The molecule has 0 aliphatic rings. The van der Waals surface area contributed by atoms with Crippen molar-refractivity contribution in [2.24, 2.45) is 0 Å². The van der Waals surface area contributed by atoms with Crippen LogP contribution in [0.4, 0.5) is 39.5 Å². The van der Waals surface area contributed by atoms with Gasteiger partial charge in [-0.3, -0.25) is 0 Å². The van der Waals surface area contributed by atoms with Crippen LogP contribution in [0.1, 0.15) is 119 Å². The van der Waals surface area contributed by atoms with Crippen LogP contribution in [-0.2, 0) is 25.8 Å². The van der Waals surface area contributed by atoms with Crippen molar-refractivity contribution < 1.29 is 65.4 Å². The summed E-state index contributed by atoms with van der Waals surface area (Å²) in [5.74, 6) is -19.2. The predicted octanol–water partition coefficient (Wildman–Crippen LogP) is 12.2. The summed E-state index contributed by atoms with van der Waals surface area (Å²) in [6.07, 6.45) is 15.2. The first-order valence-electron chi connectivity index (χ1n) is 16.4. The summed E-state index contributed by atoms with van der Waals surface area (Å²) in [5, 5.41) is 11.3. The molecule has 0 radical (unpaired) electrons. The van der Waals surface area contributed by atoms with Crippen LogP contribution < -0.4 is 5.19 Å². The van der Waals surface area contributed by atoms with Crippen LogP contribution in [0.2, 0.25) is 0 Å². The number of unbranched alkanes of at least 4 members (excludes halogenated alkanes) is 6. The van der Waals surface area contributed by atoms with Gasteiger partial charge in [0.2, 0.25) is 0 Å². The van der Waals surface area contributed by atoms with Crippen LogP contribution in [0.15, 0.2) is 24.3 Å². The average molecular weight is 862 g/mol. The van der Waals surface area contributed by atoms with Gasteiger partial charge in [-0.25, -0.2) is 12.1 Å². The van der Waals surface area contributed by atoms with Crippen molar-refractivity contribution in [3.8, 4) is 0 Å². The molecule has 0 aliphatic heterocycles. The van der Waals surface area contributed by atoms with E-state index < -0.39 is 30.7 Å². The van der Waals surface area contributed by atoms with E-state index in [1.54, 1.807) is 0 Å². The molecule has 46 heavy (non-hydrogen) atoms. The average Bonchev–Trinajstić information content (AvgIpc) is 3.46. The first-order valence-corrected chi connectivity index (χ1v) is 18.4. The number of rotatable bonds is 19. The summed E-state index contributed by atoms with van der Waals surface area (Å²) in [6, 6.07) is 1.84. The van der Waals surface area contributed by atoms with Gasteiger partial charge in [0, 0.05) is 0 Å². The molecule has 0 bridgehead atoms. The standard InChI is InChI=1S/C8H4F9Si.3C8H18N.Hf/c9-6(10,11)18(7(12,13)14,8(15,16)17)5-3-1-2-4-5;3*1-3-5-7-9-8-6-4-2;/h1-4H;3*3-8H2,1-2H3;/q4*-1;+4. The van der Waals surface area contributed by atoms with Gasteiger partial charge in [-0.2, -0.15) is 51.6 Å². The maximum Gasteiger partial charge on any atom is 4.00 e. The third kappa shape index (κ3) is 23.9. The summed E-state index contributed by atoms with van der Waals surface area (Å²) >= 11 is 0. The van der Waals surface area contributed by atoms with Gasteiger partial charge < -0.3 is 16.0 Å². The zero-order valence-electron chi connectivity index (χ0n) is 28.8. The van der Waals surface area contributed by atoms with Gasteiger partial charge in [0.25, 0.3) is 0 Å². The van der Waals surface area contributed by atoms with Crippen LogP contribution >= 0.6 is 0 Å². The Morgan fingerprint density at radius 3 is 0.783 bits per heavy atom. The Morgan fingerprint density at radius 2 is 0.630 bits per heavy atom. The second-order valence-electron chi connectivity index (χ2n) is 10.6. The first-order chi connectivity index (χ1) is 21.1. The van der Waals surface area contributed by atoms with E-state index in [1.807, 2.05) is 0 Å². The Labute approximate surface area is 293 Å². The fraction of sp³-hybridized carbons (Fsp3) is 0.844. The summed E-state index contributed by atoms with van der Waals surface area (Å²) in [6.45, 7) is 19.7. The predicted molar refractivity (Wildman–Crippen MR) is 174 cm³/mol. The maximum absolute atomic E-state index is 12.6. The van der Waals surface area contributed by atoms with Crippen LogP contribution in [-0.4, -0.2) is 64.7 Å². The van der Waals surface area contributed by atoms with E-state index in [2.05, 4.69) is 57.5 Å². The molecule has 0 spiro atoms. The molecule has 0 N–H and O–H groups in total. The summed E-state index contributed by atoms with van der Waals surface area (Å²) in [4.78, 5) is 0. The molecule has 0 saturated carbocycles. The van der Waals surface area contributed by atoms with Crippen molar-refractivity contribution in [1.82, 2.24) is 0 Å². The van der Waals surface area contributed by atoms with E-state index in [1.165, 1.54) is 77.0 Å². The van der Waals surface area contributed by atoms with Gasteiger partial charge in [0.1, 0.15) is 0 Å². The number of hydrogen-bond donors (Lipinski definition) is 0. The monoisotopic (exact) mass is 863 g/mol. The van der Waals surface area contributed by atoms with Crippen molar-refractivity contribution in [2.45, 2.75) is 136 Å². The van der Waals surface area contributed by atoms with E-state index in [9.17, 15) is 39.5 Å². The van der Waals surface area contributed by atoms with Crippen molar-refractivity contribution in [3.05, 3.63) is 40.2 Å². The molecule has 0 heterocycles. The van der Waals surface area contributed by atoms with Crippen LogP contribution in [0.25, 0.3) is 16.0 Å². The van der Waals surface area contributed by atoms with Gasteiger partial charge in [-0.1, -0.05) is 119 Å². The second kappa shape index (κ2) is 31.9. The zero-order valence-corrected chi connectivity index (χ0v) is 33.4. The molecule has 0 amide bonds. The van der Waals surface area contributed by atoms with Crippen LogP contribution in [0.5, 0.6) is 0 Å². The SMILES string of the molecule is CCCC[N-]CCCC.CCCC[N-]CCCC.CCCC[N-]CCCC.FC(F)(F)[Si]([c-]1cccc1)(C(F)(F)F)C(F)(F)F.[Hf+4]. The van der Waals surface area contributed by atoms with E-state index in [-0.39, 0.29) is 38.0 Å². The zero-order chi connectivity index (χ0) is 35.3. The molecule has 0 fully saturated rings. The summed E-state index contributed by atoms with van der Waals surface area (Å²) in [5.41, 5.74) is 0. The molecule has 0 aromatic heterocycles. The van der Waals surface area contributed by atoms with Gasteiger partial charge in [0.05, 0.1) is 0 Å². The first kappa shape index (κ1) is 52.5. The molecule has 0 atom stereocenters. The maximum atomic E-state index is 12.6. The minimum absolute atomic E-state index is 0. The second-order valence-corrected chi connectivity index (χ2v) is 14.3. The van der Waals surface area contributed by atoms with Crippen molar-refractivity contribution >= 4 is 13.3 Å². The molecule has 0 unspecified atom stereocenters. The normalized spacial score (nSPS) is 11.7. The molecule has 1 aromatic carbocycles. The number of halogens is 9. The summed E-state index contributed by atoms with van der Waals surface area (Å²) < 4.78 is 113. The fourth-order valence-electron chi connectivity index (χ4n) is 3.55. The molecule has 1 aromatic rings. The minimum Gasteiger partial charge on any atom is -0.662 e. The quantitative estimate of drug-likeness (QED) is 0.0576. The van der Waals surface area contributed by atoms with E-state index in [4.69, 9.17) is 0 Å². The fourth-order valence-corrected chi connectivity index (χ4v) is 6.19. The Morgan fingerprint density at radius 1 is 0.435 bits per heavy atom. The number of hydrogen-bond acceptors (Lipinski definition) is 0. The molecule has 0 saturated heterocycles. The molecule has 3 nitrogen and oxygen atoms in total. The number of nitrogens with zero attached hydrogens (tertiary/aromatic N) is 3. The molecule has 272 valence electrons. The Bertz CT molecular complexity index is 643. The van der Waals surface area contributed by atoms with Gasteiger partial charge in [0.15, 0.2) is 0 Å². The van der Waals surface area contributed by atoms with Crippen LogP contribution in [0, 0.1) is 0 Å². The summed E-state index contributed by atoms with van der Waals surface area (Å²) in [7, 11) is -7.72. The molecular formula is C32H58F9HfN3Si. The Balaban J connectivity index is -0.000000271. The number of alkyl halides is 9. The molecule has 0 aliphatic carbocycles. The van der Waals surface area contributed by atoms with Crippen molar-refractivity contribution in [3.63, 3.8) is 0 Å². The van der Waals surface area contributed by atoms with Gasteiger partial charge in [-0.15, -0.1) is 44.5 Å². The Hall–Kier alpha value is -0.313. The Kier molecular flexibility index (Phi) is 36.4. The van der Waals surface area contributed by atoms with E-state index in [0.717, 1.165) is 39.3 Å². The third-order valence-electron chi connectivity index (χ3n) is 6.39. The largest absolute Gasteiger partial charge is 4.00 e.